The van der Waals surface area contributed by atoms with Crippen LogP contribution >= 0.6 is 23.2 Å². The van der Waals surface area contributed by atoms with E-state index in [2.05, 4.69) is 5.32 Å². The van der Waals surface area contributed by atoms with Crippen LogP contribution in [-0.4, -0.2) is 35.2 Å². The van der Waals surface area contributed by atoms with E-state index in [-0.39, 0.29) is 39.0 Å². The Labute approximate surface area is 198 Å². The number of nitrogens with one attached hydrogen (secondary N) is 1. The van der Waals surface area contributed by atoms with Gasteiger partial charge in [-0.1, -0.05) is 59.6 Å². The highest BCUT2D eigenvalue weighted by atomic mass is 35.5. The van der Waals surface area contributed by atoms with E-state index in [1.165, 1.54) is 18.2 Å². The molecular formula is C24H16Cl2N2O5. The standard InChI is InChI=1S/C24H16Cl2N2O5/c25-18-7-4-8-19(26)21(18)27-20(29)13-33-24(32)15-9-10-16-17(11-15)23(31)28(22(16)30)12-14-5-2-1-3-6-14/h1-11H,12-13H2,(H,27,29). The lowest BCUT2D eigenvalue weighted by molar-refractivity contribution is -0.119. The molecule has 0 fully saturated rings. The molecule has 3 amide bonds. The first-order valence-corrected chi connectivity index (χ1v) is 10.6. The molecule has 9 heteroatoms. The predicted octanol–water partition coefficient (Wildman–Crippen LogP) is 4.59. The van der Waals surface area contributed by atoms with Crippen LogP contribution in [0.2, 0.25) is 10.0 Å². The summed E-state index contributed by atoms with van der Waals surface area (Å²) in [5.74, 6) is -2.39. The zero-order chi connectivity index (χ0) is 23.5. The van der Waals surface area contributed by atoms with Crippen molar-refractivity contribution in [2.45, 2.75) is 6.54 Å². The Kier molecular flexibility index (Phi) is 6.44. The van der Waals surface area contributed by atoms with Gasteiger partial charge in [-0.05, 0) is 35.9 Å². The van der Waals surface area contributed by atoms with E-state index in [4.69, 9.17) is 27.9 Å². The van der Waals surface area contributed by atoms with Gasteiger partial charge in [-0.15, -0.1) is 0 Å². The van der Waals surface area contributed by atoms with Gasteiger partial charge in [0, 0.05) is 0 Å². The normalized spacial score (nSPS) is 12.5. The highest BCUT2D eigenvalue weighted by molar-refractivity contribution is 6.39. The molecule has 3 aromatic rings. The van der Waals surface area contributed by atoms with Crippen LogP contribution in [-0.2, 0) is 16.1 Å². The smallest absolute Gasteiger partial charge is 0.338 e. The second-order valence-corrected chi connectivity index (χ2v) is 7.98. The van der Waals surface area contributed by atoms with Gasteiger partial charge in [0.1, 0.15) is 0 Å². The van der Waals surface area contributed by atoms with Crippen LogP contribution in [0.4, 0.5) is 5.69 Å². The minimum absolute atomic E-state index is 0.0417. The molecule has 166 valence electrons. The molecule has 0 aromatic heterocycles. The molecule has 0 radical (unpaired) electrons. The highest BCUT2D eigenvalue weighted by Crippen LogP contribution is 2.30. The van der Waals surface area contributed by atoms with Crippen molar-refractivity contribution in [2.24, 2.45) is 0 Å². The van der Waals surface area contributed by atoms with Gasteiger partial charge in [0.05, 0.1) is 39.0 Å². The summed E-state index contributed by atoms with van der Waals surface area (Å²) < 4.78 is 5.04. The first kappa shape index (κ1) is 22.5. The molecule has 0 aliphatic carbocycles. The molecule has 0 saturated carbocycles. The molecule has 7 nitrogen and oxygen atoms in total. The number of imide groups is 1. The SMILES string of the molecule is O=C(COC(=O)c1ccc2c(c1)C(=O)N(Cc1ccccc1)C2=O)Nc1c(Cl)cccc1Cl. The number of hydrogen-bond donors (Lipinski definition) is 1. The lowest BCUT2D eigenvalue weighted by Gasteiger charge is -2.13. The zero-order valence-electron chi connectivity index (χ0n) is 17.0. The number of esters is 1. The summed E-state index contributed by atoms with van der Waals surface area (Å²) in [4.78, 5) is 51.1. The van der Waals surface area contributed by atoms with E-state index in [0.717, 1.165) is 10.5 Å². The fourth-order valence-electron chi connectivity index (χ4n) is 3.33. The van der Waals surface area contributed by atoms with Gasteiger partial charge in [-0.3, -0.25) is 19.3 Å². The van der Waals surface area contributed by atoms with Crippen LogP contribution in [0.25, 0.3) is 0 Å². The molecular weight excluding hydrogens is 467 g/mol. The number of amides is 3. The van der Waals surface area contributed by atoms with Gasteiger partial charge in [0.25, 0.3) is 17.7 Å². The van der Waals surface area contributed by atoms with Gasteiger partial charge in [0.15, 0.2) is 6.61 Å². The monoisotopic (exact) mass is 482 g/mol. The molecule has 1 heterocycles. The summed E-state index contributed by atoms with van der Waals surface area (Å²) >= 11 is 12.0. The number of carbonyl (C=O) groups is 4. The van der Waals surface area contributed by atoms with Crippen LogP contribution in [0.15, 0.2) is 66.7 Å². The molecule has 3 aromatic carbocycles. The highest BCUT2D eigenvalue weighted by Gasteiger charge is 2.36. The topological polar surface area (TPSA) is 92.8 Å². The molecule has 1 aliphatic rings. The average molecular weight is 483 g/mol. The number of benzene rings is 3. The number of ether oxygens (including phenoxy) is 1. The van der Waals surface area contributed by atoms with E-state index in [1.807, 2.05) is 30.3 Å². The molecule has 4 rings (SSSR count). The van der Waals surface area contributed by atoms with Crippen LogP contribution in [0, 0.1) is 0 Å². The summed E-state index contributed by atoms with van der Waals surface area (Å²) in [6, 6.07) is 17.9. The minimum Gasteiger partial charge on any atom is -0.452 e. The van der Waals surface area contributed by atoms with Crippen molar-refractivity contribution in [3.63, 3.8) is 0 Å². The van der Waals surface area contributed by atoms with Crippen LogP contribution in [0.3, 0.4) is 0 Å². The summed E-state index contributed by atoms with van der Waals surface area (Å²) in [5, 5.41) is 2.96. The number of carbonyl (C=O) groups excluding carboxylic acids is 4. The summed E-state index contributed by atoms with van der Waals surface area (Å²) in [6.45, 7) is -0.470. The molecule has 0 spiro atoms. The second-order valence-electron chi connectivity index (χ2n) is 7.16. The maximum Gasteiger partial charge on any atom is 0.338 e. The van der Waals surface area contributed by atoms with Gasteiger partial charge in [0.2, 0.25) is 0 Å². The third-order valence-electron chi connectivity index (χ3n) is 4.95. The number of anilines is 1. The minimum atomic E-state index is -0.819. The molecule has 0 saturated heterocycles. The maximum atomic E-state index is 12.8. The van der Waals surface area contributed by atoms with Gasteiger partial charge in [-0.25, -0.2) is 4.79 Å². The quantitative estimate of drug-likeness (QED) is 0.409. The molecule has 33 heavy (non-hydrogen) atoms. The van der Waals surface area contributed by atoms with Gasteiger partial charge < -0.3 is 10.1 Å². The number of hydrogen-bond acceptors (Lipinski definition) is 5. The summed E-state index contributed by atoms with van der Waals surface area (Å²) in [6.07, 6.45) is 0. The van der Waals surface area contributed by atoms with Crippen LogP contribution in [0.5, 0.6) is 0 Å². The predicted molar refractivity (Wildman–Crippen MR) is 122 cm³/mol. The third-order valence-corrected chi connectivity index (χ3v) is 5.58. The molecule has 0 unspecified atom stereocenters. The Balaban J connectivity index is 1.42. The molecule has 0 atom stereocenters. The average Bonchev–Trinajstić information content (AvgIpc) is 3.05. The Bertz CT molecular complexity index is 1260. The number of fused-ring (bicyclic) bond motifs is 1. The maximum absolute atomic E-state index is 12.8. The van der Waals surface area contributed by atoms with E-state index in [0.29, 0.717) is 0 Å². The largest absolute Gasteiger partial charge is 0.452 e. The number of para-hydroxylation sites is 1. The molecule has 0 bridgehead atoms. The molecule has 1 aliphatic heterocycles. The van der Waals surface area contributed by atoms with Crippen molar-refractivity contribution >= 4 is 52.6 Å². The van der Waals surface area contributed by atoms with Crippen molar-refractivity contribution in [1.29, 1.82) is 0 Å². The summed E-state index contributed by atoms with van der Waals surface area (Å²) in [5.41, 5.74) is 1.37. The third kappa shape index (κ3) is 4.74. The van der Waals surface area contributed by atoms with Crippen molar-refractivity contribution < 1.29 is 23.9 Å². The fourth-order valence-corrected chi connectivity index (χ4v) is 3.83. The first-order chi connectivity index (χ1) is 15.8. The van der Waals surface area contributed by atoms with Crippen molar-refractivity contribution in [3.8, 4) is 0 Å². The Morgan fingerprint density at radius 3 is 2.21 bits per heavy atom. The Hall–Kier alpha value is -3.68. The number of halogens is 2. The Morgan fingerprint density at radius 1 is 0.848 bits per heavy atom. The Morgan fingerprint density at radius 2 is 1.52 bits per heavy atom. The van der Waals surface area contributed by atoms with Crippen molar-refractivity contribution in [3.05, 3.63) is 99.0 Å². The number of rotatable bonds is 6. The van der Waals surface area contributed by atoms with E-state index in [1.54, 1.807) is 18.2 Å². The van der Waals surface area contributed by atoms with E-state index in [9.17, 15) is 19.2 Å². The fraction of sp³-hybridized carbons (Fsp3) is 0.0833. The second kappa shape index (κ2) is 9.44. The van der Waals surface area contributed by atoms with Crippen LogP contribution in [0.1, 0.15) is 36.6 Å². The first-order valence-electron chi connectivity index (χ1n) is 9.80. The van der Waals surface area contributed by atoms with E-state index >= 15 is 0 Å². The molecule has 1 N–H and O–H groups in total. The van der Waals surface area contributed by atoms with Crippen molar-refractivity contribution in [2.75, 3.05) is 11.9 Å². The summed E-state index contributed by atoms with van der Waals surface area (Å²) in [7, 11) is 0. The number of nitrogens with zero attached hydrogens (tertiary/aromatic N) is 1. The van der Waals surface area contributed by atoms with Crippen LogP contribution < -0.4 is 5.32 Å². The van der Waals surface area contributed by atoms with Crippen molar-refractivity contribution in [1.82, 2.24) is 4.90 Å². The van der Waals surface area contributed by atoms with Gasteiger partial charge in [-0.2, -0.15) is 0 Å². The lowest BCUT2D eigenvalue weighted by atomic mass is 10.1. The lowest BCUT2D eigenvalue weighted by Crippen LogP contribution is -2.29. The van der Waals surface area contributed by atoms with Gasteiger partial charge >= 0.3 is 5.97 Å². The zero-order valence-corrected chi connectivity index (χ0v) is 18.5. The van der Waals surface area contributed by atoms with E-state index < -0.39 is 30.3 Å².